The lowest BCUT2D eigenvalue weighted by molar-refractivity contribution is -0.137. The zero-order valence-electron chi connectivity index (χ0n) is 12.2. The molecule has 1 aliphatic rings. The van der Waals surface area contributed by atoms with Crippen molar-refractivity contribution in [2.24, 2.45) is 0 Å². The van der Waals surface area contributed by atoms with Gasteiger partial charge in [-0.05, 0) is 18.2 Å². The molecule has 3 heterocycles. The Bertz CT molecular complexity index is 813. The monoisotopic (exact) mass is 339 g/mol. The SMILES string of the molecule is O=C(c1ccc[nH]c1=O)N1CC(Oc2cc(C(F)(F)F)ccn2)C1. The highest BCUT2D eigenvalue weighted by atomic mass is 19.4. The number of halogens is 3. The second-order valence-electron chi connectivity index (χ2n) is 5.24. The van der Waals surface area contributed by atoms with Crippen molar-refractivity contribution in [1.82, 2.24) is 14.9 Å². The second-order valence-corrected chi connectivity index (χ2v) is 5.24. The molecule has 2 aromatic rings. The van der Waals surface area contributed by atoms with Crippen LogP contribution >= 0.6 is 0 Å². The fraction of sp³-hybridized carbons (Fsp3) is 0.267. The van der Waals surface area contributed by atoms with E-state index >= 15 is 0 Å². The third kappa shape index (κ3) is 3.24. The van der Waals surface area contributed by atoms with Crippen LogP contribution in [0, 0.1) is 0 Å². The van der Waals surface area contributed by atoms with Gasteiger partial charge in [-0.25, -0.2) is 4.98 Å². The van der Waals surface area contributed by atoms with Gasteiger partial charge in [-0.15, -0.1) is 0 Å². The van der Waals surface area contributed by atoms with E-state index in [-0.39, 0.29) is 24.5 Å². The maximum absolute atomic E-state index is 12.6. The van der Waals surface area contributed by atoms with Crippen LogP contribution in [0.2, 0.25) is 0 Å². The zero-order valence-corrected chi connectivity index (χ0v) is 12.2. The normalized spacial score (nSPS) is 15.0. The molecule has 0 radical (unpaired) electrons. The molecule has 24 heavy (non-hydrogen) atoms. The van der Waals surface area contributed by atoms with Gasteiger partial charge >= 0.3 is 6.18 Å². The molecule has 0 saturated carbocycles. The first-order valence-electron chi connectivity index (χ1n) is 7.01. The molecule has 6 nitrogen and oxygen atoms in total. The zero-order chi connectivity index (χ0) is 17.3. The van der Waals surface area contributed by atoms with Crippen molar-refractivity contribution in [3.05, 3.63) is 58.1 Å². The molecule has 0 aromatic carbocycles. The van der Waals surface area contributed by atoms with E-state index < -0.39 is 29.3 Å². The van der Waals surface area contributed by atoms with Gasteiger partial charge in [0.2, 0.25) is 5.88 Å². The number of aromatic amines is 1. The Kier molecular flexibility index (Phi) is 4.00. The molecule has 3 rings (SSSR count). The lowest BCUT2D eigenvalue weighted by Crippen LogP contribution is -2.56. The number of carbonyl (C=O) groups excluding carboxylic acids is 1. The van der Waals surface area contributed by atoms with Gasteiger partial charge in [0.25, 0.3) is 11.5 Å². The van der Waals surface area contributed by atoms with Gasteiger partial charge in [0.1, 0.15) is 11.7 Å². The molecule has 0 spiro atoms. The Morgan fingerprint density at radius 3 is 2.75 bits per heavy atom. The van der Waals surface area contributed by atoms with Crippen molar-refractivity contribution in [2.75, 3.05) is 13.1 Å². The molecule has 1 aliphatic heterocycles. The molecule has 1 amide bonds. The number of nitrogens with one attached hydrogen (secondary N) is 1. The summed E-state index contributed by atoms with van der Waals surface area (Å²) in [5.41, 5.74) is -1.34. The number of hydrogen-bond acceptors (Lipinski definition) is 4. The number of rotatable bonds is 3. The highest BCUT2D eigenvalue weighted by Gasteiger charge is 2.35. The van der Waals surface area contributed by atoms with Crippen molar-refractivity contribution >= 4 is 5.91 Å². The Morgan fingerprint density at radius 2 is 2.08 bits per heavy atom. The fourth-order valence-corrected chi connectivity index (χ4v) is 2.26. The summed E-state index contributed by atoms with van der Waals surface area (Å²) in [6, 6.07) is 4.61. The summed E-state index contributed by atoms with van der Waals surface area (Å²) in [6.07, 6.45) is -2.51. The first-order chi connectivity index (χ1) is 11.3. The van der Waals surface area contributed by atoms with Crippen LogP contribution in [0.5, 0.6) is 5.88 Å². The minimum atomic E-state index is -4.48. The number of aromatic nitrogens is 2. The summed E-state index contributed by atoms with van der Waals surface area (Å²) in [4.78, 5) is 31.2. The van der Waals surface area contributed by atoms with Gasteiger partial charge in [-0.1, -0.05) is 0 Å². The Morgan fingerprint density at radius 1 is 1.33 bits per heavy atom. The van der Waals surface area contributed by atoms with E-state index in [1.54, 1.807) is 0 Å². The first kappa shape index (κ1) is 16.0. The number of nitrogens with zero attached hydrogens (tertiary/aromatic N) is 2. The molecule has 0 atom stereocenters. The van der Waals surface area contributed by atoms with Gasteiger partial charge in [0, 0.05) is 18.5 Å². The molecule has 9 heteroatoms. The lowest BCUT2D eigenvalue weighted by Gasteiger charge is -2.38. The number of ether oxygens (including phenoxy) is 1. The third-order valence-electron chi connectivity index (χ3n) is 3.53. The highest BCUT2D eigenvalue weighted by Crippen LogP contribution is 2.31. The van der Waals surface area contributed by atoms with Crippen LogP contribution in [0.25, 0.3) is 0 Å². The Labute approximate surface area is 133 Å². The lowest BCUT2D eigenvalue weighted by atomic mass is 10.1. The van der Waals surface area contributed by atoms with Crippen LogP contribution < -0.4 is 10.3 Å². The molecular formula is C15H12F3N3O3. The van der Waals surface area contributed by atoms with Crippen molar-refractivity contribution in [3.8, 4) is 5.88 Å². The number of carbonyl (C=O) groups is 1. The van der Waals surface area contributed by atoms with Gasteiger partial charge in [0.05, 0.1) is 18.7 Å². The first-order valence-corrected chi connectivity index (χ1v) is 7.01. The Hall–Kier alpha value is -2.84. The van der Waals surface area contributed by atoms with Crippen molar-refractivity contribution in [2.45, 2.75) is 12.3 Å². The van der Waals surface area contributed by atoms with E-state index in [2.05, 4.69) is 9.97 Å². The highest BCUT2D eigenvalue weighted by molar-refractivity contribution is 5.94. The number of amides is 1. The average Bonchev–Trinajstić information content (AvgIpc) is 2.50. The van der Waals surface area contributed by atoms with Crippen LogP contribution in [-0.2, 0) is 6.18 Å². The smallest absolute Gasteiger partial charge is 0.416 e. The molecule has 0 aliphatic carbocycles. The van der Waals surface area contributed by atoms with Crippen LogP contribution in [-0.4, -0.2) is 40.0 Å². The third-order valence-corrected chi connectivity index (χ3v) is 3.53. The predicted octanol–water partition coefficient (Wildman–Crippen LogP) is 1.69. The minimum Gasteiger partial charge on any atom is -0.471 e. The number of H-pyrrole nitrogens is 1. The summed E-state index contributed by atoms with van der Waals surface area (Å²) in [5.74, 6) is -0.604. The number of alkyl halides is 3. The summed E-state index contributed by atoms with van der Waals surface area (Å²) in [6.45, 7) is 0.343. The van der Waals surface area contributed by atoms with E-state index in [9.17, 15) is 22.8 Å². The maximum Gasteiger partial charge on any atom is 0.416 e. The summed E-state index contributed by atoms with van der Waals surface area (Å²) in [5, 5.41) is 0. The number of likely N-dealkylation sites (tertiary alicyclic amines) is 1. The molecule has 0 bridgehead atoms. The standard InChI is InChI=1S/C15H12F3N3O3/c16-15(17,18)9-3-5-19-12(6-9)24-10-7-21(8-10)14(23)11-2-1-4-20-13(11)22/h1-6,10H,7-8H2,(H,20,22). The number of hydrogen-bond donors (Lipinski definition) is 1. The van der Waals surface area contributed by atoms with E-state index in [0.29, 0.717) is 0 Å². The van der Waals surface area contributed by atoms with Gasteiger partial charge in [-0.2, -0.15) is 13.2 Å². The topological polar surface area (TPSA) is 75.3 Å². The van der Waals surface area contributed by atoms with Gasteiger partial charge in [-0.3, -0.25) is 9.59 Å². The van der Waals surface area contributed by atoms with E-state index in [4.69, 9.17) is 4.74 Å². The van der Waals surface area contributed by atoms with E-state index in [1.165, 1.54) is 23.2 Å². The largest absolute Gasteiger partial charge is 0.471 e. The predicted molar refractivity (Wildman–Crippen MR) is 76.6 cm³/mol. The van der Waals surface area contributed by atoms with Crippen molar-refractivity contribution < 1.29 is 22.7 Å². The van der Waals surface area contributed by atoms with E-state index in [0.717, 1.165) is 18.3 Å². The minimum absolute atomic E-state index is 0.00754. The summed E-state index contributed by atoms with van der Waals surface area (Å²) >= 11 is 0. The number of pyridine rings is 2. The second kappa shape index (κ2) is 5.99. The maximum atomic E-state index is 12.6. The molecule has 1 N–H and O–H groups in total. The Balaban J connectivity index is 1.61. The summed E-state index contributed by atoms with van der Waals surface area (Å²) < 4.78 is 43.2. The van der Waals surface area contributed by atoms with Gasteiger partial charge in [0.15, 0.2) is 0 Å². The summed E-state index contributed by atoms with van der Waals surface area (Å²) in [7, 11) is 0. The molecule has 1 saturated heterocycles. The molecule has 126 valence electrons. The van der Waals surface area contributed by atoms with Crippen LogP contribution in [0.4, 0.5) is 13.2 Å². The van der Waals surface area contributed by atoms with Crippen molar-refractivity contribution in [1.29, 1.82) is 0 Å². The van der Waals surface area contributed by atoms with Crippen molar-refractivity contribution in [3.63, 3.8) is 0 Å². The van der Waals surface area contributed by atoms with Crippen LogP contribution in [0.15, 0.2) is 41.5 Å². The van der Waals surface area contributed by atoms with Gasteiger partial charge < -0.3 is 14.6 Å². The molecule has 2 aromatic heterocycles. The molecule has 1 fully saturated rings. The van der Waals surface area contributed by atoms with Crippen LogP contribution in [0.3, 0.4) is 0 Å². The fourth-order valence-electron chi connectivity index (χ4n) is 2.26. The molecule has 0 unspecified atom stereocenters. The van der Waals surface area contributed by atoms with Crippen LogP contribution in [0.1, 0.15) is 15.9 Å². The quantitative estimate of drug-likeness (QED) is 0.923. The average molecular weight is 339 g/mol. The van der Waals surface area contributed by atoms with E-state index in [1.807, 2.05) is 0 Å². The molecular weight excluding hydrogens is 327 g/mol.